The molecular weight excluding hydrogens is 610 g/mol. The SMILES string of the molecule is CCOC(=O)C1=C(C)N=c2s/c(=C/c3cn(Cc4ccc(Cl)cc4)c4ccccc34)c(=O)n2[C@@H]1c1ccc(OC)c(OCC)c1. The minimum Gasteiger partial charge on any atom is -0.493 e. The fourth-order valence-corrected chi connectivity index (χ4v) is 6.85. The van der Waals surface area contributed by atoms with E-state index in [1.165, 1.54) is 11.3 Å². The molecule has 6 rings (SSSR count). The van der Waals surface area contributed by atoms with E-state index in [4.69, 9.17) is 30.8 Å². The van der Waals surface area contributed by atoms with Gasteiger partial charge in [-0.2, -0.15) is 0 Å². The Balaban J connectivity index is 1.52. The van der Waals surface area contributed by atoms with Gasteiger partial charge in [0.2, 0.25) is 0 Å². The van der Waals surface area contributed by atoms with E-state index >= 15 is 0 Å². The predicted molar refractivity (Wildman–Crippen MR) is 177 cm³/mol. The van der Waals surface area contributed by atoms with E-state index in [1.54, 1.807) is 31.6 Å². The summed E-state index contributed by atoms with van der Waals surface area (Å²) in [6, 6.07) is 20.6. The molecule has 1 atom stereocenters. The highest BCUT2D eigenvalue weighted by Gasteiger charge is 2.34. The van der Waals surface area contributed by atoms with E-state index in [2.05, 4.69) is 22.9 Å². The van der Waals surface area contributed by atoms with Crippen LogP contribution in [0.4, 0.5) is 0 Å². The molecular formula is C35H32ClN3O5S. The number of halogens is 1. The summed E-state index contributed by atoms with van der Waals surface area (Å²) >= 11 is 7.40. The molecule has 3 aromatic carbocycles. The average Bonchev–Trinajstić information content (AvgIpc) is 3.53. The van der Waals surface area contributed by atoms with Crippen molar-refractivity contribution in [1.29, 1.82) is 0 Å². The summed E-state index contributed by atoms with van der Waals surface area (Å²) in [6.45, 7) is 6.67. The molecule has 0 saturated heterocycles. The highest BCUT2D eigenvalue weighted by molar-refractivity contribution is 7.07. The van der Waals surface area contributed by atoms with Crippen LogP contribution in [0.15, 0.2) is 94.0 Å². The predicted octanol–water partition coefficient (Wildman–Crippen LogP) is 5.86. The molecule has 10 heteroatoms. The van der Waals surface area contributed by atoms with Crippen molar-refractivity contribution in [3.63, 3.8) is 0 Å². The number of hydrogen-bond donors (Lipinski definition) is 0. The molecule has 1 aliphatic heterocycles. The number of ether oxygens (including phenoxy) is 3. The molecule has 1 aliphatic rings. The molecule has 0 spiro atoms. The van der Waals surface area contributed by atoms with Crippen LogP contribution in [0.25, 0.3) is 17.0 Å². The van der Waals surface area contributed by atoms with E-state index in [9.17, 15) is 9.59 Å². The van der Waals surface area contributed by atoms with Crippen molar-refractivity contribution < 1.29 is 19.0 Å². The molecule has 0 radical (unpaired) electrons. The van der Waals surface area contributed by atoms with Crippen LogP contribution in [0.1, 0.15) is 43.5 Å². The van der Waals surface area contributed by atoms with Crippen molar-refractivity contribution in [2.45, 2.75) is 33.4 Å². The number of esters is 1. The number of methoxy groups -OCH3 is 1. The number of fused-ring (bicyclic) bond motifs is 2. The number of allylic oxidation sites excluding steroid dienone is 1. The summed E-state index contributed by atoms with van der Waals surface area (Å²) in [7, 11) is 1.57. The van der Waals surface area contributed by atoms with Crippen LogP contribution in [0, 0.1) is 0 Å². The van der Waals surface area contributed by atoms with Gasteiger partial charge in [-0.05, 0) is 68.3 Å². The van der Waals surface area contributed by atoms with Crippen LogP contribution in [0.5, 0.6) is 11.5 Å². The van der Waals surface area contributed by atoms with Gasteiger partial charge < -0.3 is 18.8 Å². The molecule has 0 aliphatic carbocycles. The first-order valence-corrected chi connectivity index (χ1v) is 15.8. The highest BCUT2D eigenvalue weighted by atomic mass is 35.5. The second-order valence-electron chi connectivity index (χ2n) is 10.5. The third-order valence-electron chi connectivity index (χ3n) is 7.69. The molecule has 230 valence electrons. The van der Waals surface area contributed by atoms with E-state index in [1.807, 2.05) is 61.5 Å². The zero-order valence-corrected chi connectivity index (χ0v) is 26.9. The van der Waals surface area contributed by atoms with Gasteiger partial charge in [-0.25, -0.2) is 9.79 Å². The maximum Gasteiger partial charge on any atom is 0.338 e. The van der Waals surface area contributed by atoms with Gasteiger partial charge in [0.25, 0.3) is 5.56 Å². The van der Waals surface area contributed by atoms with Crippen LogP contribution >= 0.6 is 22.9 Å². The van der Waals surface area contributed by atoms with Gasteiger partial charge in [-0.15, -0.1) is 0 Å². The first-order valence-electron chi connectivity index (χ1n) is 14.7. The first kappa shape index (κ1) is 30.4. The van der Waals surface area contributed by atoms with Crippen molar-refractivity contribution in [3.8, 4) is 11.5 Å². The molecule has 0 saturated carbocycles. The van der Waals surface area contributed by atoms with Gasteiger partial charge in [-0.1, -0.05) is 59.3 Å². The van der Waals surface area contributed by atoms with E-state index < -0.39 is 12.0 Å². The third kappa shape index (κ3) is 5.81. The van der Waals surface area contributed by atoms with Crippen molar-refractivity contribution in [2.75, 3.05) is 20.3 Å². The van der Waals surface area contributed by atoms with Crippen molar-refractivity contribution in [2.24, 2.45) is 4.99 Å². The number of rotatable bonds is 9. The van der Waals surface area contributed by atoms with Gasteiger partial charge >= 0.3 is 5.97 Å². The Hall–Kier alpha value is -4.60. The van der Waals surface area contributed by atoms with Crippen LogP contribution in [-0.2, 0) is 16.1 Å². The molecule has 0 amide bonds. The number of benzene rings is 3. The molecule has 0 bridgehead atoms. The van der Waals surface area contributed by atoms with E-state index in [-0.39, 0.29) is 12.2 Å². The maximum absolute atomic E-state index is 14.3. The molecule has 0 N–H and O–H groups in total. The summed E-state index contributed by atoms with van der Waals surface area (Å²) in [5, 5.41) is 1.71. The van der Waals surface area contributed by atoms with Crippen LogP contribution in [0.3, 0.4) is 0 Å². The lowest BCUT2D eigenvalue weighted by Crippen LogP contribution is -2.40. The number of carbonyl (C=O) groups excluding carboxylic acids is 1. The molecule has 0 unspecified atom stereocenters. The van der Waals surface area contributed by atoms with Crippen molar-refractivity contribution in [3.05, 3.63) is 126 Å². The summed E-state index contributed by atoms with van der Waals surface area (Å²) in [4.78, 5) is 32.8. The number of nitrogens with zero attached hydrogens (tertiary/aromatic N) is 3. The summed E-state index contributed by atoms with van der Waals surface area (Å²) in [6.07, 6.45) is 3.96. The van der Waals surface area contributed by atoms with Gasteiger partial charge in [0.1, 0.15) is 0 Å². The van der Waals surface area contributed by atoms with Crippen molar-refractivity contribution in [1.82, 2.24) is 9.13 Å². The van der Waals surface area contributed by atoms with Gasteiger partial charge in [0.15, 0.2) is 16.3 Å². The fraction of sp³-hybridized carbons (Fsp3) is 0.229. The minimum atomic E-state index is -0.765. The lowest BCUT2D eigenvalue weighted by molar-refractivity contribution is -0.139. The zero-order valence-electron chi connectivity index (χ0n) is 25.4. The third-order valence-corrected chi connectivity index (χ3v) is 8.93. The lowest BCUT2D eigenvalue weighted by Gasteiger charge is -2.25. The Morgan fingerprint density at radius 2 is 1.82 bits per heavy atom. The Morgan fingerprint density at radius 3 is 2.56 bits per heavy atom. The monoisotopic (exact) mass is 641 g/mol. The normalized spacial score (nSPS) is 14.8. The van der Waals surface area contributed by atoms with E-state index in [0.717, 1.165) is 22.0 Å². The van der Waals surface area contributed by atoms with E-state index in [0.29, 0.717) is 55.8 Å². The second-order valence-corrected chi connectivity index (χ2v) is 11.9. The standard InChI is InChI=1S/C35H32ClN3O5S/c1-5-43-29-17-23(13-16-28(29)42-4)32-31(34(41)44-6-2)21(3)37-35-39(32)33(40)30(45-35)18-24-20-38(27-10-8-7-9-26(24)27)19-22-11-14-25(36)15-12-22/h7-18,20,32H,5-6,19H2,1-4H3/b30-18+/t32-/m1/s1. The molecule has 8 nitrogen and oxygen atoms in total. The quantitative estimate of drug-likeness (QED) is 0.188. The summed E-state index contributed by atoms with van der Waals surface area (Å²) < 4.78 is 21.0. The fourth-order valence-electron chi connectivity index (χ4n) is 5.69. The summed E-state index contributed by atoms with van der Waals surface area (Å²) in [5.74, 6) is 0.560. The molecule has 3 heterocycles. The second kappa shape index (κ2) is 12.8. The number of aromatic nitrogens is 2. The largest absolute Gasteiger partial charge is 0.493 e. The zero-order chi connectivity index (χ0) is 31.7. The molecule has 2 aromatic heterocycles. The van der Waals surface area contributed by atoms with Gasteiger partial charge in [-0.3, -0.25) is 9.36 Å². The lowest BCUT2D eigenvalue weighted by atomic mass is 9.95. The Kier molecular flexibility index (Phi) is 8.65. The number of carbonyl (C=O) groups is 1. The first-order chi connectivity index (χ1) is 21.8. The molecule has 45 heavy (non-hydrogen) atoms. The van der Waals surface area contributed by atoms with Crippen LogP contribution in [-0.4, -0.2) is 35.4 Å². The van der Waals surface area contributed by atoms with Crippen LogP contribution in [0.2, 0.25) is 5.02 Å². The Bertz CT molecular complexity index is 2130. The topological polar surface area (TPSA) is 84.1 Å². The molecule has 5 aromatic rings. The smallest absolute Gasteiger partial charge is 0.338 e. The Morgan fingerprint density at radius 1 is 1.04 bits per heavy atom. The summed E-state index contributed by atoms with van der Waals surface area (Å²) in [5.41, 5.74) is 4.31. The number of hydrogen-bond acceptors (Lipinski definition) is 7. The van der Waals surface area contributed by atoms with Crippen LogP contribution < -0.4 is 24.4 Å². The average molecular weight is 642 g/mol. The van der Waals surface area contributed by atoms with Gasteiger partial charge in [0.05, 0.1) is 42.2 Å². The highest BCUT2D eigenvalue weighted by Crippen LogP contribution is 2.36. The minimum absolute atomic E-state index is 0.194. The molecule has 0 fully saturated rings. The Labute approximate surface area is 269 Å². The number of para-hydroxylation sites is 1. The van der Waals surface area contributed by atoms with Crippen molar-refractivity contribution >= 4 is 45.9 Å². The number of thiazole rings is 1. The maximum atomic E-state index is 14.3. The van der Waals surface area contributed by atoms with Gasteiger partial charge in [0, 0.05) is 34.2 Å².